The van der Waals surface area contributed by atoms with Crippen molar-refractivity contribution in [1.29, 1.82) is 0 Å². The fourth-order valence-electron chi connectivity index (χ4n) is 2.45. The van der Waals surface area contributed by atoms with E-state index in [0.29, 0.717) is 17.9 Å². The molecule has 1 N–H and O–H groups in total. The van der Waals surface area contributed by atoms with Crippen LogP contribution in [0.1, 0.15) is 16.2 Å². The third-order valence-corrected chi connectivity index (χ3v) is 4.01. The fourth-order valence-corrected chi connectivity index (χ4v) is 2.81. The van der Waals surface area contributed by atoms with Gasteiger partial charge in [0, 0.05) is 22.3 Å². The summed E-state index contributed by atoms with van der Waals surface area (Å²) in [4.78, 5) is 16.7. The van der Waals surface area contributed by atoms with Crippen molar-refractivity contribution in [1.82, 2.24) is 14.7 Å². The van der Waals surface area contributed by atoms with Crippen molar-refractivity contribution in [3.05, 3.63) is 70.8 Å². The molecule has 0 fully saturated rings. The number of hydrogen-bond donors (Lipinski definition) is 1. The van der Waals surface area contributed by atoms with E-state index < -0.39 is 0 Å². The molecule has 114 valence electrons. The predicted octanol–water partition coefficient (Wildman–Crippen LogP) is 3.77. The first-order chi connectivity index (χ1) is 11.2. The van der Waals surface area contributed by atoms with Crippen molar-refractivity contribution in [2.45, 2.75) is 6.54 Å². The number of benzene rings is 1. The molecular formula is C17H12BrN3O2. The van der Waals surface area contributed by atoms with E-state index in [2.05, 4.69) is 26.2 Å². The van der Waals surface area contributed by atoms with E-state index in [-0.39, 0.29) is 5.91 Å². The second-order valence-corrected chi connectivity index (χ2v) is 6.09. The Morgan fingerprint density at radius 2 is 2.09 bits per heavy atom. The van der Waals surface area contributed by atoms with Crippen LogP contribution in [-0.2, 0) is 6.54 Å². The van der Waals surface area contributed by atoms with E-state index in [1.165, 1.54) is 0 Å². The zero-order chi connectivity index (χ0) is 15.8. The molecule has 0 aliphatic rings. The van der Waals surface area contributed by atoms with Crippen LogP contribution in [0.5, 0.6) is 0 Å². The van der Waals surface area contributed by atoms with E-state index in [1.807, 2.05) is 53.2 Å². The third kappa shape index (κ3) is 2.73. The highest BCUT2D eigenvalue weighted by molar-refractivity contribution is 9.10. The van der Waals surface area contributed by atoms with E-state index in [1.54, 1.807) is 6.07 Å². The summed E-state index contributed by atoms with van der Waals surface area (Å²) in [6.45, 7) is 0.342. The maximum Gasteiger partial charge on any atom is 0.287 e. The number of imidazole rings is 1. The van der Waals surface area contributed by atoms with Crippen LogP contribution in [0.4, 0.5) is 0 Å². The topological polar surface area (TPSA) is 59.5 Å². The molecule has 1 aromatic carbocycles. The molecule has 4 aromatic rings. The highest BCUT2D eigenvalue weighted by Crippen LogP contribution is 2.18. The molecule has 3 aromatic heterocycles. The van der Waals surface area contributed by atoms with Gasteiger partial charge in [0.1, 0.15) is 11.2 Å². The zero-order valence-corrected chi connectivity index (χ0v) is 13.6. The minimum absolute atomic E-state index is 0.251. The standard InChI is InChI=1S/C17H12BrN3O2/c18-12-5-6-16-20-13(10-21(16)9-12)8-19-17(22)15-7-11-3-1-2-4-14(11)23-15/h1-7,9-10H,8H2,(H,19,22). The number of pyridine rings is 1. The Morgan fingerprint density at radius 1 is 1.22 bits per heavy atom. The molecular weight excluding hydrogens is 358 g/mol. The Morgan fingerprint density at radius 3 is 2.96 bits per heavy atom. The van der Waals surface area contributed by atoms with Crippen LogP contribution in [0.3, 0.4) is 0 Å². The number of amides is 1. The number of nitrogens with zero attached hydrogens (tertiary/aromatic N) is 2. The summed E-state index contributed by atoms with van der Waals surface area (Å²) < 4.78 is 8.43. The quantitative estimate of drug-likeness (QED) is 0.597. The van der Waals surface area contributed by atoms with Crippen molar-refractivity contribution in [3.63, 3.8) is 0 Å². The number of rotatable bonds is 3. The van der Waals surface area contributed by atoms with Gasteiger partial charge in [-0.25, -0.2) is 4.98 Å². The molecule has 0 saturated heterocycles. The molecule has 0 unspecified atom stereocenters. The number of para-hydroxylation sites is 1. The Labute approximate surface area is 140 Å². The van der Waals surface area contributed by atoms with E-state index in [9.17, 15) is 4.79 Å². The molecule has 5 nitrogen and oxygen atoms in total. The van der Waals surface area contributed by atoms with Crippen molar-refractivity contribution < 1.29 is 9.21 Å². The van der Waals surface area contributed by atoms with Gasteiger partial charge in [-0.2, -0.15) is 0 Å². The lowest BCUT2D eigenvalue weighted by molar-refractivity contribution is 0.0925. The smallest absolute Gasteiger partial charge is 0.287 e. The van der Waals surface area contributed by atoms with Gasteiger partial charge in [-0.1, -0.05) is 18.2 Å². The maximum absolute atomic E-state index is 12.2. The van der Waals surface area contributed by atoms with Crippen LogP contribution in [0.25, 0.3) is 16.6 Å². The van der Waals surface area contributed by atoms with Crippen molar-refractivity contribution >= 4 is 38.5 Å². The molecule has 0 atom stereocenters. The number of carbonyl (C=O) groups excluding carboxylic acids is 1. The van der Waals surface area contributed by atoms with Gasteiger partial charge in [0.05, 0.1) is 12.2 Å². The lowest BCUT2D eigenvalue weighted by atomic mass is 10.2. The fraction of sp³-hybridized carbons (Fsp3) is 0.0588. The Balaban J connectivity index is 1.51. The van der Waals surface area contributed by atoms with Crippen LogP contribution in [0.2, 0.25) is 0 Å². The minimum atomic E-state index is -0.251. The second kappa shape index (κ2) is 5.55. The van der Waals surface area contributed by atoms with Gasteiger partial charge in [0.15, 0.2) is 5.76 Å². The second-order valence-electron chi connectivity index (χ2n) is 5.18. The molecule has 23 heavy (non-hydrogen) atoms. The van der Waals surface area contributed by atoms with E-state index >= 15 is 0 Å². The van der Waals surface area contributed by atoms with Crippen LogP contribution in [-0.4, -0.2) is 15.3 Å². The Kier molecular flexibility index (Phi) is 3.38. The first-order valence-corrected chi connectivity index (χ1v) is 7.88. The summed E-state index contributed by atoms with van der Waals surface area (Å²) in [6.07, 6.45) is 3.81. The summed E-state index contributed by atoms with van der Waals surface area (Å²) in [6, 6.07) is 13.1. The molecule has 0 spiro atoms. The average Bonchev–Trinajstić information content (AvgIpc) is 3.15. The number of carbonyl (C=O) groups is 1. The molecule has 0 bridgehead atoms. The normalized spacial score (nSPS) is 11.2. The summed E-state index contributed by atoms with van der Waals surface area (Å²) in [5, 5.41) is 3.74. The number of nitrogens with one attached hydrogen (secondary N) is 1. The van der Waals surface area contributed by atoms with Gasteiger partial charge in [0.25, 0.3) is 5.91 Å². The van der Waals surface area contributed by atoms with E-state index in [4.69, 9.17) is 4.42 Å². The molecule has 6 heteroatoms. The largest absolute Gasteiger partial charge is 0.451 e. The first-order valence-electron chi connectivity index (χ1n) is 7.09. The van der Waals surface area contributed by atoms with E-state index in [0.717, 1.165) is 21.2 Å². The number of furan rings is 1. The molecule has 1 amide bonds. The molecule has 0 aliphatic carbocycles. The van der Waals surface area contributed by atoms with Gasteiger partial charge in [0.2, 0.25) is 0 Å². The summed E-state index contributed by atoms with van der Waals surface area (Å²) in [5.41, 5.74) is 2.32. The zero-order valence-electron chi connectivity index (χ0n) is 12.0. The van der Waals surface area contributed by atoms with Gasteiger partial charge < -0.3 is 14.1 Å². The highest BCUT2D eigenvalue weighted by atomic mass is 79.9. The minimum Gasteiger partial charge on any atom is -0.451 e. The summed E-state index contributed by atoms with van der Waals surface area (Å²) in [7, 11) is 0. The Hall–Kier alpha value is -2.60. The van der Waals surface area contributed by atoms with Crippen LogP contribution in [0, 0.1) is 0 Å². The van der Waals surface area contributed by atoms with Gasteiger partial charge in [-0.05, 0) is 40.2 Å². The summed E-state index contributed by atoms with van der Waals surface area (Å²) in [5.74, 6) is 0.0529. The lowest BCUT2D eigenvalue weighted by Gasteiger charge is -1.99. The maximum atomic E-state index is 12.2. The SMILES string of the molecule is O=C(NCc1cn2cc(Br)ccc2n1)c1cc2ccccc2o1. The third-order valence-electron chi connectivity index (χ3n) is 3.54. The molecule has 0 aliphatic heterocycles. The monoisotopic (exact) mass is 369 g/mol. The molecule has 0 saturated carbocycles. The number of aromatic nitrogens is 2. The summed E-state index contributed by atoms with van der Waals surface area (Å²) >= 11 is 3.42. The first kappa shape index (κ1) is 14.0. The highest BCUT2D eigenvalue weighted by Gasteiger charge is 2.12. The van der Waals surface area contributed by atoms with Crippen molar-refractivity contribution in [2.75, 3.05) is 0 Å². The van der Waals surface area contributed by atoms with Crippen LogP contribution in [0.15, 0.2) is 63.7 Å². The number of hydrogen-bond acceptors (Lipinski definition) is 3. The van der Waals surface area contributed by atoms with Gasteiger partial charge in [-0.15, -0.1) is 0 Å². The van der Waals surface area contributed by atoms with Gasteiger partial charge >= 0.3 is 0 Å². The molecule has 3 heterocycles. The number of fused-ring (bicyclic) bond motifs is 2. The molecule has 0 radical (unpaired) electrons. The van der Waals surface area contributed by atoms with Crippen molar-refractivity contribution in [2.24, 2.45) is 0 Å². The molecule has 4 rings (SSSR count). The average molecular weight is 370 g/mol. The van der Waals surface area contributed by atoms with Gasteiger partial charge in [-0.3, -0.25) is 4.79 Å². The number of halogens is 1. The van der Waals surface area contributed by atoms with Crippen molar-refractivity contribution in [3.8, 4) is 0 Å². The predicted molar refractivity (Wildman–Crippen MR) is 90.3 cm³/mol. The van der Waals surface area contributed by atoms with Crippen LogP contribution < -0.4 is 5.32 Å². The van der Waals surface area contributed by atoms with Crippen LogP contribution >= 0.6 is 15.9 Å². The lowest BCUT2D eigenvalue weighted by Crippen LogP contribution is -2.22. The Bertz CT molecular complexity index is 986.